The molecule has 0 aromatic rings. The molecule has 0 aromatic carbocycles. The molecular weight excluding hydrogens is 710 g/mol. The zero-order valence-corrected chi connectivity index (χ0v) is 30.3. The van der Waals surface area contributed by atoms with Crippen LogP contribution in [0.3, 0.4) is 0 Å². The highest BCUT2D eigenvalue weighted by Gasteiger charge is 2.51. The van der Waals surface area contributed by atoms with Crippen LogP contribution in [0.5, 0.6) is 0 Å². The van der Waals surface area contributed by atoms with E-state index in [2.05, 4.69) is 4.74 Å². The molecule has 2 unspecified atom stereocenters. The van der Waals surface area contributed by atoms with Crippen LogP contribution in [0.2, 0.25) is 0 Å². The first-order chi connectivity index (χ1) is 24.0. The first-order valence-electron chi connectivity index (χ1n) is 15.8. The number of carbonyl (C=O) groups is 7. The Morgan fingerprint density at radius 2 is 0.865 bits per heavy atom. The molecule has 0 amide bonds. The van der Waals surface area contributed by atoms with E-state index in [0.717, 1.165) is 34.6 Å². The van der Waals surface area contributed by atoms with Gasteiger partial charge in [-0.2, -0.15) is 0 Å². The Labute approximate surface area is 298 Å². The molecule has 18 nitrogen and oxygen atoms in total. The van der Waals surface area contributed by atoms with Gasteiger partial charge in [0, 0.05) is 48.5 Å². The molecule has 52 heavy (non-hydrogen) atoms. The van der Waals surface area contributed by atoms with Gasteiger partial charge in [0.05, 0.1) is 18.5 Å². The molecule has 3 aliphatic heterocycles. The van der Waals surface area contributed by atoms with Crippen molar-refractivity contribution in [3.63, 3.8) is 0 Å². The predicted molar refractivity (Wildman–Crippen MR) is 165 cm³/mol. The van der Waals surface area contributed by atoms with Crippen LogP contribution >= 0.6 is 0 Å². The number of aliphatic hydroxyl groups excluding tert-OH is 1. The summed E-state index contributed by atoms with van der Waals surface area (Å²) in [5.74, 6) is -4.37. The third-order valence-corrected chi connectivity index (χ3v) is 6.88. The van der Waals surface area contributed by atoms with Crippen molar-refractivity contribution in [2.45, 2.75) is 149 Å². The normalized spacial score (nSPS) is 33.4. The molecule has 3 heterocycles. The van der Waals surface area contributed by atoms with Crippen LogP contribution in [-0.4, -0.2) is 127 Å². The molecule has 1 N–H and O–H groups in total. The van der Waals surface area contributed by atoms with Crippen molar-refractivity contribution in [2.75, 3.05) is 0 Å². The fraction of sp³-hybridized carbons (Fsp3) is 0.719. The summed E-state index contributed by atoms with van der Waals surface area (Å²) in [4.78, 5) is 76.3. The van der Waals surface area contributed by atoms with Crippen LogP contribution in [0, 0.1) is 0 Å². The summed E-state index contributed by atoms with van der Waals surface area (Å²) in [6.07, 6.45) is -12.2. The van der Waals surface area contributed by atoms with Crippen LogP contribution in [0.4, 0.5) is 8.78 Å². The monoisotopic (exact) mass is 756 g/mol. The SMILES string of the molecule is CC(=O)OC1O[C@@H](C)[C@@H](OC(C)=O)[C@@H](OC(C)=O)[C@@H]1F.CC(=O)O[C@@H]1[C@H](C)OC=C[C@@H]1OC(C)=O.CC(=O)O[C@@H]1[C@H](OC(C)=O)[C@H](C)OC(O)[C@H]1F. The summed E-state index contributed by atoms with van der Waals surface area (Å²) in [5.41, 5.74) is 0. The number of rotatable bonds is 7. The lowest BCUT2D eigenvalue weighted by Gasteiger charge is -2.40. The highest BCUT2D eigenvalue weighted by molar-refractivity contribution is 5.69. The quantitative estimate of drug-likeness (QED) is 0.284. The summed E-state index contributed by atoms with van der Waals surface area (Å²) >= 11 is 0. The van der Waals surface area contributed by atoms with Gasteiger partial charge in [0.25, 0.3) is 0 Å². The number of esters is 7. The topological polar surface area (TPSA) is 232 Å². The van der Waals surface area contributed by atoms with Gasteiger partial charge < -0.3 is 52.5 Å². The van der Waals surface area contributed by atoms with Crippen LogP contribution in [0.25, 0.3) is 0 Å². The fourth-order valence-corrected chi connectivity index (χ4v) is 4.92. The second-order valence-electron chi connectivity index (χ2n) is 11.6. The molecule has 13 atom stereocenters. The minimum absolute atomic E-state index is 0.330. The van der Waals surface area contributed by atoms with E-state index in [9.17, 15) is 47.4 Å². The van der Waals surface area contributed by atoms with Gasteiger partial charge in [0.2, 0.25) is 12.5 Å². The number of carbonyl (C=O) groups excluding carboxylic acids is 7. The largest absolute Gasteiger partial charge is 0.494 e. The molecule has 0 bridgehead atoms. The first kappa shape index (κ1) is 45.6. The van der Waals surface area contributed by atoms with Gasteiger partial charge in [0.1, 0.15) is 6.10 Å². The molecule has 0 saturated carbocycles. The van der Waals surface area contributed by atoms with E-state index in [-0.39, 0.29) is 6.10 Å². The summed E-state index contributed by atoms with van der Waals surface area (Å²) in [7, 11) is 0. The second kappa shape index (κ2) is 21.2. The van der Waals surface area contributed by atoms with Gasteiger partial charge >= 0.3 is 41.8 Å². The third-order valence-electron chi connectivity index (χ3n) is 6.88. The number of ether oxygens (including phenoxy) is 10. The minimum atomic E-state index is -1.96. The molecule has 3 aliphatic rings. The van der Waals surface area contributed by atoms with Crippen molar-refractivity contribution < 1.29 is 94.8 Å². The average Bonchev–Trinajstić information content (AvgIpc) is 2.99. The Kier molecular flexibility index (Phi) is 18.6. The van der Waals surface area contributed by atoms with Gasteiger partial charge in [-0.1, -0.05) is 0 Å². The van der Waals surface area contributed by atoms with E-state index in [4.69, 9.17) is 42.6 Å². The molecular formula is C32H46F2O18. The smallest absolute Gasteiger partial charge is 0.305 e. The van der Waals surface area contributed by atoms with E-state index in [0.29, 0.717) is 0 Å². The van der Waals surface area contributed by atoms with Crippen molar-refractivity contribution >= 4 is 41.8 Å². The van der Waals surface area contributed by atoms with Gasteiger partial charge in [0.15, 0.2) is 49.1 Å². The Hall–Kier alpha value is -4.43. The number of alkyl halides is 2. The molecule has 0 radical (unpaired) electrons. The molecule has 3 rings (SSSR count). The lowest BCUT2D eigenvalue weighted by Crippen LogP contribution is -2.58. The maximum Gasteiger partial charge on any atom is 0.305 e. The Balaban J connectivity index is 0.000000394. The number of hydrogen-bond donors (Lipinski definition) is 1. The predicted octanol–water partition coefficient (Wildman–Crippen LogP) is 1.20. The van der Waals surface area contributed by atoms with E-state index in [1.807, 2.05) is 0 Å². The van der Waals surface area contributed by atoms with Gasteiger partial charge in [-0.25, -0.2) is 8.78 Å². The zero-order valence-electron chi connectivity index (χ0n) is 30.3. The molecule has 0 spiro atoms. The Bertz CT molecular complexity index is 1290. The third kappa shape index (κ3) is 15.0. The average molecular weight is 757 g/mol. The minimum Gasteiger partial charge on any atom is -0.494 e. The van der Waals surface area contributed by atoms with E-state index in [1.54, 1.807) is 13.0 Å². The van der Waals surface area contributed by atoms with Gasteiger partial charge in [-0.15, -0.1) is 0 Å². The van der Waals surface area contributed by atoms with E-state index < -0.39 is 116 Å². The van der Waals surface area contributed by atoms with Crippen molar-refractivity contribution in [1.82, 2.24) is 0 Å². The second-order valence-corrected chi connectivity index (χ2v) is 11.6. The number of halogens is 2. The van der Waals surface area contributed by atoms with Crippen LogP contribution in [0.15, 0.2) is 12.3 Å². The van der Waals surface area contributed by atoms with Crippen molar-refractivity contribution in [1.29, 1.82) is 0 Å². The first-order valence-corrected chi connectivity index (χ1v) is 15.8. The van der Waals surface area contributed by atoms with E-state index >= 15 is 0 Å². The molecule has 20 heteroatoms. The highest BCUT2D eigenvalue weighted by atomic mass is 19.1. The Morgan fingerprint density at radius 1 is 0.500 bits per heavy atom. The summed E-state index contributed by atoms with van der Waals surface area (Å²) in [6.45, 7) is 12.9. The van der Waals surface area contributed by atoms with Gasteiger partial charge in [-0.05, 0) is 26.8 Å². The molecule has 296 valence electrons. The van der Waals surface area contributed by atoms with Crippen molar-refractivity contribution in [3.8, 4) is 0 Å². The lowest BCUT2D eigenvalue weighted by molar-refractivity contribution is -0.276. The van der Waals surface area contributed by atoms with Gasteiger partial charge in [-0.3, -0.25) is 33.6 Å². The van der Waals surface area contributed by atoms with Crippen molar-refractivity contribution in [2.24, 2.45) is 0 Å². The summed E-state index contributed by atoms with van der Waals surface area (Å²) in [6, 6.07) is 0. The fourth-order valence-electron chi connectivity index (χ4n) is 4.92. The maximum atomic E-state index is 14.2. The number of hydrogen-bond acceptors (Lipinski definition) is 18. The molecule has 0 aromatic heterocycles. The zero-order chi connectivity index (χ0) is 40.0. The maximum absolute atomic E-state index is 14.2. The van der Waals surface area contributed by atoms with Crippen LogP contribution in [0.1, 0.15) is 69.2 Å². The summed E-state index contributed by atoms with van der Waals surface area (Å²) < 4.78 is 77.0. The molecule has 2 saturated heterocycles. The number of aliphatic hydroxyl groups is 1. The highest BCUT2D eigenvalue weighted by Crippen LogP contribution is 2.29. The lowest BCUT2D eigenvalue weighted by atomic mass is 10.00. The standard InChI is InChI=1S/C12H17FO7.C10H15FO6.C10H14O5/c1-5-10(18-6(2)14)11(19-7(3)15)9(13)12(17-5)20-8(4)16;1-4-8(16-5(2)12)9(17-6(3)13)7(11)10(14)15-4;1-6-10(15-8(3)12)9(4-5-13-6)14-7(2)11/h5,9-12H,1-4H3;4,7-10,14H,1-3H3;4-6,9-10H,1-3H3/t5-,9-,10+,11-,12?;4-,7-,8+,9-,10?;6-,9-,10+/m000/s1. The van der Waals surface area contributed by atoms with Crippen LogP contribution in [-0.2, 0) is 80.9 Å². The van der Waals surface area contributed by atoms with E-state index in [1.165, 1.54) is 34.0 Å². The Morgan fingerprint density at radius 3 is 1.29 bits per heavy atom. The van der Waals surface area contributed by atoms with Crippen LogP contribution < -0.4 is 0 Å². The van der Waals surface area contributed by atoms with Crippen molar-refractivity contribution in [3.05, 3.63) is 12.3 Å². The molecule has 0 aliphatic carbocycles. The molecule has 2 fully saturated rings. The summed E-state index contributed by atoms with van der Waals surface area (Å²) in [5, 5.41) is 9.25.